The van der Waals surface area contributed by atoms with Crippen LogP contribution in [0.3, 0.4) is 0 Å². The van der Waals surface area contributed by atoms with E-state index in [1.54, 1.807) is 30.3 Å². The fourth-order valence-electron chi connectivity index (χ4n) is 1.88. The maximum atomic E-state index is 12.5. The van der Waals surface area contributed by atoms with Gasteiger partial charge < -0.3 is 14.8 Å². The lowest BCUT2D eigenvalue weighted by atomic mass is 10.1. The molecule has 6 heteroatoms. The predicted molar refractivity (Wildman–Crippen MR) is 78.4 cm³/mol. The molecule has 0 aliphatic rings. The number of nitrogens with one attached hydrogen (secondary N) is 1. The number of benzene rings is 2. The molecule has 0 spiro atoms. The molecule has 2 rings (SSSR count). The standard InChI is InChI=1S/C15H14ClF2NO2/c1-20-13-8-4-5-10(14(13)21-15(17)18)9-19-12-7-3-2-6-11(12)16/h2-8,15,19H,9H2,1H3. The number of hydrogen-bond acceptors (Lipinski definition) is 3. The van der Waals surface area contributed by atoms with Crippen LogP contribution in [0.25, 0.3) is 0 Å². The molecule has 2 aromatic rings. The Balaban J connectivity index is 2.21. The van der Waals surface area contributed by atoms with Gasteiger partial charge in [-0.15, -0.1) is 0 Å². The Kier molecular flexibility index (Phi) is 5.22. The first-order valence-electron chi connectivity index (χ1n) is 6.21. The number of hydrogen-bond donors (Lipinski definition) is 1. The van der Waals surface area contributed by atoms with Crippen molar-refractivity contribution in [2.75, 3.05) is 12.4 Å². The van der Waals surface area contributed by atoms with Gasteiger partial charge in [0, 0.05) is 12.1 Å². The number of anilines is 1. The summed E-state index contributed by atoms with van der Waals surface area (Å²) in [5.41, 5.74) is 1.26. The minimum absolute atomic E-state index is 0.0227. The van der Waals surface area contributed by atoms with Crippen LogP contribution in [-0.4, -0.2) is 13.7 Å². The highest BCUT2D eigenvalue weighted by molar-refractivity contribution is 6.33. The van der Waals surface area contributed by atoms with Gasteiger partial charge in [-0.2, -0.15) is 8.78 Å². The first-order chi connectivity index (χ1) is 10.1. The van der Waals surface area contributed by atoms with Crippen molar-refractivity contribution in [3.05, 3.63) is 53.1 Å². The lowest BCUT2D eigenvalue weighted by molar-refractivity contribution is -0.0517. The van der Waals surface area contributed by atoms with Crippen LogP contribution in [0.5, 0.6) is 11.5 Å². The van der Waals surface area contributed by atoms with Crippen LogP contribution < -0.4 is 14.8 Å². The first-order valence-corrected chi connectivity index (χ1v) is 6.58. The average Bonchev–Trinajstić information content (AvgIpc) is 2.47. The van der Waals surface area contributed by atoms with Crippen molar-refractivity contribution in [1.29, 1.82) is 0 Å². The molecule has 0 atom stereocenters. The smallest absolute Gasteiger partial charge is 0.387 e. The molecule has 2 aromatic carbocycles. The van der Waals surface area contributed by atoms with E-state index >= 15 is 0 Å². The Hall–Kier alpha value is -2.01. The molecule has 112 valence electrons. The quantitative estimate of drug-likeness (QED) is 0.848. The summed E-state index contributed by atoms with van der Waals surface area (Å²) in [7, 11) is 1.40. The van der Waals surface area contributed by atoms with Gasteiger partial charge in [-0.25, -0.2) is 0 Å². The fourth-order valence-corrected chi connectivity index (χ4v) is 2.08. The minimum Gasteiger partial charge on any atom is -0.493 e. The van der Waals surface area contributed by atoms with E-state index in [0.717, 1.165) is 0 Å². The zero-order valence-corrected chi connectivity index (χ0v) is 12.0. The minimum atomic E-state index is -2.92. The van der Waals surface area contributed by atoms with Gasteiger partial charge in [0.2, 0.25) is 0 Å². The number of halogens is 3. The van der Waals surface area contributed by atoms with Crippen LogP contribution in [-0.2, 0) is 6.54 Å². The highest BCUT2D eigenvalue weighted by Crippen LogP contribution is 2.33. The van der Waals surface area contributed by atoms with Crippen LogP contribution in [0.4, 0.5) is 14.5 Å². The van der Waals surface area contributed by atoms with E-state index < -0.39 is 6.61 Å². The summed E-state index contributed by atoms with van der Waals surface area (Å²) in [6, 6.07) is 12.1. The van der Waals surface area contributed by atoms with E-state index in [0.29, 0.717) is 16.3 Å². The topological polar surface area (TPSA) is 30.5 Å². The van der Waals surface area contributed by atoms with Crippen LogP contribution in [0.2, 0.25) is 5.02 Å². The predicted octanol–water partition coefficient (Wildman–Crippen LogP) is 4.56. The summed E-state index contributed by atoms with van der Waals surface area (Å²) in [6.45, 7) is -2.64. The zero-order valence-electron chi connectivity index (χ0n) is 11.3. The molecule has 0 saturated heterocycles. The highest BCUT2D eigenvalue weighted by atomic mass is 35.5. The van der Waals surface area contributed by atoms with Gasteiger partial charge >= 0.3 is 6.61 Å². The monoisotopic (exact) mass is 313 g/mol. The van der Waals surface area contributed by atoms with Crippen molar-refractivity contribution >= 4 is 17.3 Å². The van der Waals surface area contributed by atoms with Gasteiger partial charge in [0.05, 0.1) is 17.8 Å². The molecule has 0 aliphatic heterocycles. The largest absolute Gasteiger partial charge is 0.493 e. The molecule has 0 aliphatic carbocycles. The van der Waals surface area contributed by atoms with Gasteiger partial charge in [0.15, 0.2) is 11.5 Å². The fraction of sp³-hybridized carbons (Fsp3) is 0.200. The summed E-state index contributed by atoms with van der Waals surface area (Å²) in [5.74, 6) is 0.281. The Bertz CT molecular complexity index is 608. The summed E-state index contributed by atoms with van der Waals surface area (Å²) in [5, 5.41) is 3.63. The summed E-state index contributed by atoms with van der Waals surface area (Å²) >= 11 is 6.03. The second kappa shape index (κ2) is 7.13. The maximum Gasteiger partial charge on any atom is 0.387 e. The first kappa shape index (κ1) is 15.4. The molecule has 0 saturated carbocycles. The van der Waals surface area contributed by atoms with Crippen molar-refractivity contribution in [1.82, 2.24) is 0 Å². The number of methoxy groups -OCH3 is 1. The SMILES string of the molecule is COc1cccc(CNc2ccccc2Cl)c1OC(F)F. The van der Waals surface area contributed by atoms with Crippen molar-refractivity contribution in [2.24, 2.45) is 0 Å². The Morgan fingerprint density at radius 1 is 1.14 bits per heavy atom. The maximum absolute atomic E-state index is 12.5. The number of para-hydroxylation sites is 2. The van der Waals surface area contributed by atoms with E-state index in [4.69, 9.17) is 16.3 Å². The summed E-state index contributed by atoms with van der Waals surface area (Å²) < 4.78 is 34.7. The molecular formula is C15H14ClF2NO2. The molecular weight excluding hydrogens is 300 g/mol. The van der Waals surface area contributed by atoms with Crippen molar-refractivity contribution < 1.29 is 18.3 Å². The van der Waals surface area contributed by atoms with E-state index in [9.17, 15) is 8.78 Å². The molecule has 0 bridgehead atoms. The molecule has 0 fully saturated rings. The lowest BCUT2D eigenvalue weighted by Gasteiger charge is -2.15. The molecule has 21 heavy (non-hydrogen) atoms. The van der Waals surface area contributed by atoms with E-state index in [2.05, 4.69) is 10.1 Å². The number of rotatable bonds is 6. The molecule has 0 heterocycles. The average molecular weight is 314 g/mol. The second-order valence-electron chi connectivity index (χ2n) is 4.16. The van der Waals surface area contributed by atoms with E-state index in [-0.39, 0.29) is 18.0 Å². The third-order valence-corrected chi connectivity index (χ3v) is 3.16. The van der Waals surface area contributed by atoms with Crippen LogP contribution >= 0.6 is 11.6 Å². The lowest BCUT2D eigenvalue weighted by Crippen LogP contribution is -2.08. The molecule has 1 N–H and O–H groups in total. The molecule has 3 nitrogen and oxygen atoms in total. The van der Waals surface area contributed by atoms with Gasteiger partial charge in [-0.05, 0) is 18.2 Å². The molecule has 0 aromatic heterocycles. The Morgan fingerprint density at radius 3 is 2.57 bits per heavy atom. The van der Waals surface area contributed by atoms with Gasteiger partial charge in [0.1, 0.15) is 0 Å². The van der Waals surface area contributed by atoms with E-state index in [1.165, 1.54) is 7.11 Å². The van der Waals surface area contributed by atoms with Crippen LogP contribution in [0, 0.1) is 0 Å². The molecule has 0 radical (unpaired) electrons. The van der Waals surface area contributed by atoms with Gasteiger partial charge in [-0.1, -0.05) is 35.9 Å². The Morgan fingerprint density at radius 2 is 1.90 bits per heavy atom. The molecule has 0 unspecified atom stereocenters. The zero-order chi connectivity index (χ0) is 15.2. The van der Waals surface area contributed by atoms with Crippen molar-refractivity contribution in [2.45, 2.75) is 13.2 Å². The highest BCUT2D eigenvalue weighted by Gasteiger charge is 2.15. The normalized spacial score (nSPS) is 10.5. The van der Waals surface area contributed by atoms with Gasteiger partial charge in [-0.3, -0.25) is 0 Å². The number of alkyl halides is 2. The van der Waals surface area contributed by atoms with E-state index in [1.807, 2.05) is 12.1 Å². The summed E-state index contributed by atoms with van der Waals surface area (Å²) in [6.07, 6.45) is 0. The Labute approximate surface area is 126 Å². The third kappa shape index (κ3) is 3.98. The number of ether oxygens (including phenoxy) is 2. The summed E-state index contributed by atoms with van der Waals surface area (Å²) in [4.78, 5) is 0. The van der Waals surface area contributed by atoms with Crippen LogP contribution in [0.1, 0.15) is 5.56 Å². The van der Waals surface area contributed by atoms with Crippen molar-refractivity contribution in [3.8, 4) is 11.5 Å². The second-order valence-corrected chi connectivity index (χ2v) is 4.57. The van der Waals surface area contributed by atoms with Crippen molar-refractivity contribution in [3.63, 3.8) is 0 Å². The van der Waals surface area contributed by atoms with Gasteiger partial charge in [0.25, 0.3) is 0 Å². The molecule has 0 amide bonds. The third-order valence-electron chi connectivity index (χ3n) is 2.83. The van der Waals surface area contributed by atoms with Crippen LogP contribution in [0.15, 0.2) is 42.5 Å².